The van der Waals surface area contributed by atoms with Crippen LogP contribution >= 0.6 is 0 Å². The van der Waals surface area contributed by atoms with E-state index in [-0.39, 0.29) is 35.3 Å². The van der Waals surface area contributed by atoms with Crippen LogP contribution in [0.2, 0.25) is 0 Å². The number of rotatable bonds is 9. The number of carbonyl (C=O) groups is 2. The maximum absolute atomic E-state index is 14.1. The fourth-order valence-electron chi connectivity index (χ4n) is 6.02. The van der Waals surface area contributed by atoms with Crippen molar-refractivity contribution >= 4 is 17.4 Å². The van der Waals surface area contributed by atoms with E-state index in [1.54, 1.807) is 13.0 Å². The Kier molecular flexibility index (Phi) is 10.6. The molecule has 0 bridgehead atoms. The highest BCUT2D eigenvalue weighted by atomic mass is 19.4. The van der Waals surface area contributed by atoms with Crippen molar-refractivity contribution in [2.45, 2.75) is 76.6 Å². The van der Waals surface area contributed by atoms with Crippen molar-refractivity contribution in [3.8, 4) is 17.2 Å². The number of hydrogen-bond donors (Lipinski definition) is 1. The van der Waals surface area contributed by atoms with Crippen molar-refractivity contribution in [1.29, 1.82) is 5.26 Å². The van der Waals surface area contributed by atoms with E-state index < -0.39 is 52.6 Å². The van der Waals surface area contributed by atoms with Crippen molar-refractivity contribution in [2.75, 3.05) is 19.0 Å². The van der Waals surface area contributed by atoms with Gasteiger partial charge >= 0.3 is 18.3 Å². The first-order valence-electron chi connectivity index (χ1n) is 15.2. The Hall–Kier alpha value is -4.47. The molecule has 13 heteroatoms. The summed E-state index contributed by atoms with van der Waals surface area (Å²) in [5.41, 5.74) is -3.31. The summed E-state index contributed by atoms with van der Waals surface area (Å²) in [7, 11) is 1.33. The van der Waals surface area contributed by atoms with Crippen LogP contribution in [0.1, 0.15) is 85.5 Å². The summed E-state index contributed by atoms with van der Waals surface area (Å²) >= 11 is 0. The molecule has 0 unspecified atom stereocenters. The Balaban J connectivity index is 1.70. The van der Waals surface area contributed by atoms with Crippen molar-refractivity contribution in [3.05, 3.63) is 81.9 Å². The normalized spacial score (nSPS) is 17.0. The van der Waals surface area contributed by atoms with E-state index in [0.717, 1.165) is 12.8 Å². The standard InChI is InChI=1S/C35H34F7N3O3/c1-19-11-25(36)9-10-26(19)27-16-28(21-7-5-20(6-8-21)12-31(47)48-4)45-29(17-43)32(27)44-18-30(46)33(2,3)22-13-23(34(37,38)39)15-24(14-22)35(40,41)42/h9-11,13-16,20-21,44H,5-8,12,18H2,1-4H3. The van der Waals surface area contributed by atoms with Gasteiger partial charge in [0.15, 0.2) is 11.5 Å². The number of aromatic nitrogens is 1. The number of ether oxygens (including phenoxy) is 1. The molecule has 0 atom stereocenters. The Morgan fingerprint density at radius 2 is 1.50 bits per heavy atom. The predicted molar refractivity (Wildman–Crippen MR) is 163 cm³/mol. The number of carbonyl (C=O) groups excluding carboxylic acids is 2. The highest BCUT2D eigenvalue weighted by Gasteiger charge is 2.40. The number of halogens is 7. The lowest BCUT2D eigenvalue weighted by Crippen LogP contribution is -2.35. The Morgan fingerprint density at radius 1 is 0.917 bits per heavy atom. The van der Waals surface area contributed by atoms with Gasteiger partial charge in [-0.2, -0.15) is 31.6 Å². The molecule has 256 valence electrons. The second-order valence-corrected chi connectivity index (χ2v) is 12.6. The van der Waals surface area contributed by atoms with Gasteiger partial charge in [0, 0.05) is 23.6 Å². The lowest BCUT2D eigenvalue weighted by atomic mass is 9.78. The second-order valence-electron chi connectivity index (χ2n) is 12.6. The third kappa shape index (κ3) is 8.14. The van der Waals surface area contributed by atoms with Crippen LogP contribution in [0.3, 0.4) is 0 Å². The smallest absolute Gasteiger partial charge is 0.416 e. The Labute approximate surface area is 273 Å². The van der Waals surface area contributed by atoms with Crippen molar-refractivity contribution < 1.29 is 45.1 Å². The van der Waals surface area contributed by atoms with E-state index in [4.69, 9.17) is 4.74 Å². The minimum atomic E-state index is -5.09. The zero-order valence-electron chi connectivity index (χ0n) is 26.7. The van der Waals surface area contributed by atoms with Crippen LogP contribution in [0.25, 0.3) is 11.1 Å². The summed E-state index contributed by atoms with van der Waals surface area (Å²) in [4.78, 5) is 29.9. The quantitative estimate of drug-likeness (QED) is 0.180. The third-order valence-electron chi connectivity index (χ3n) is 9.00. The predicted octanol–water partition coefficient (Wildman–Crippen LogP) is 8.90. The number of methoxy groups -OCH3 is 1. The van der Waals surface area contributed by atoms with Crippen molar-refractivity contribution in [3.63, 3.8) is 0 Å². The molecule has 0 aliphatic heterocycles. The lowest BCUT2D eigenvalue weighted by molar-refractivity contribution is -0.144. The molecule has 1 N–H and O–H groups in total. The monoisotopic (exact) mass is 677 g/mol. The van der Waals surface area contributed by atoms with Gasteiger partial charge in [0.05, 0.1) is 35.9 Å². The van der Waals surface area contributed by atoms with Crippen LogP contribution in [0.15, 0.2) is 42.5 Å². The number of esters is 1. The summed E-state index contributed by atoms with van der Waals surface area (Å²) in [6, 6.07) is 8.86. The molecule has 48 heavy (non-hydrogen) atoms. The summed E-state index contributed by atoms with van der Waals surface area (Å²) in [6.07, 6.45) is -7.08. The molecule has 4 rings (SSSR count). The Bertz CT molecular complexity index is 1700. The number of alkyl halides is 6. The van der Waals surface area contributed by atoms with Crippen LogP contribution in [-0.2, 0) is 32.1 Å². The first-order valence-corrected chi connectivity index (χ1v) is 15.2. The van der Waals surface area contributed by atoms with Gasteiger partial charge in [0.25, 0.3) is 0 Å². The molecule has 0 spiro atoms. The highest BCUT2D eigenvalue weighted by Crippen LogP contribution is 2.42. The summed E-state index contributed by atoms with van der Waals surface area (Å²) in [5, 5.41) is 13.0. The topological polar surface area (TPSA) is 92.1 Å². The van der Waals surface area contributed by atoms with E-state index >= 15 is 0 Å². The minimum Gasteiger partial charge on any atom is -0.469 e. The van der Waals surface area contributed by atoms with E-state index in [1.165, 1.54) is 39.2 Å². The minimum absolute atomic E-state index is 0.00235. The fourth-order valence-corrected chi connectivity index (χ4v) is 6.02. The maximum atomic E-state index is 14.1. The van der Waals surface area contributed by atoms with Crippen LogP contribution in [-0.4, -0.2) is 30.4 Å². The molecule has 0 radical (unpaired) electrons. The summed E-state index contributed by atoms with van der Waals surface area (Å²) < 4.78 is 100. The molecule has 3 aromatic rings. The number of pyridine rings is 1. The number of nitrogens with zero attached hydrogens (tertiary/aromatic N) is 2. The number of ketones is 1. The molecular formula is C35H34F7N3O3. The lowest BCUT2D eigenvalue weighted by Gasteiger charge is -2.29. The highest BCUT2D eigenvalue weighted by molar-refractivity contribution is 5.94. The molecule has 1 heterocycles. The molecule has 1 fully saturated rings. The zero-order valence-corrected chi connectivity index (χ0v) is 26.7. The van der Waals surface area contributed by atoms with Crippen LogP contribution in [0, 0.1) is 30.0 Å². The SMILES string of the molecule is COC(=O)CC1CCC(c2cc(-c3ccc(F)cc3C)c(NCC(=O)C(C)(C)c3cc(C(F)(F)F)cc(C(F)(F)F)c3)c(C#N)n2)CC1. The number of anilines is 1. The third-order valence-corrected chi connectivity index (χ3v) is 9.00. The van der Waals surface area contributed by atoms with Gasteiger partial charge in [-0.3, -0.25) is 9.59 Å². The summed E-state index contributed by atoms with van der Waals surface area (Å²) in [5.74, 6) is -1.47. The molecule has 6 nitrogen and oxygen atoms in total. The molecule has 0 saturated heterocycles. The van der Waals surface area contributed by atoms with Gasteiger partial charge in [-0.15, -0.1) is 0 Å². The average Bonchev–Trinajstić information content (AvgIpc) is 3.02. The second kappa shape index (κ2) is 13.9. The first kappa shape index (κ1) is 36.4. The number of nitrogens with one attached hydrogen (secondary N) is 1. The number of benzene rings is 2. The molecule has 1 aliphatic carbocycles. The molecule has 0 amide bonds. The Morgan fingerprint density at radius 3 is 2.02 bits per heavy atom. The number of hydrogen-bond acceptors (Lipinski definition) is 6. The fraction of sp³-hybridized carbons (Fsp3) is 0.429. The van der Waals surface area contributed by atoms with Crippen LogP contribution in [0.4, 0.5) is 36.4 Å². The van der Waals surface area contributed by atoms with E-state index in [0.29, 0.717) is 53.8 Å². The van der Waals surface area contributed by atoms with Gasteiger partial charge < -0.3 is 10.1 Å². The van der Waals surface area contributed by atoms with Gasteiger partial charge in [0.1, 0.15) is 11.9 Å². The van der Waals surface area contributed by atoms with E-state index in [2.05, 4.69) is 10.3 Å². The molecule has 1 aromatic heterocycles. The van der Waals surface area contributed by atoms with Crippen molar-refractivity contribution in [2.24, 2.45) is 5.92 Å². The average molecular weight is 678 g/mol. The first-order chi connectivity index (χ1) is 22.3. The van der Waals surface area contributed by atoms with Crippen molar-refractivity contribution in [1.82, 2.24) is 4.98 Å². The largest absolute Gasteiger partial charge is 0.469 e. The van der Waals surface area contributed by atoms with E-state index in [9.17, 15) is 45.6 Å². The summed E-state index contributed by atoms with van der Waals surface area (Å²) in [6.45, 7) is 3.53. The zero-order chi connectivity index (χ0) is 35.6. The van der Waals surface area contributed by atoms with E-state index in [1.807, 2.05) is 6.07 Å². The van der Waals surface area contributed by atoms with Gasteiger partial charge in [-0.25, -0.2) is 9.37 Å². The maximum Gasteiger partial charge on any atom is 0.416 e. The van der Waals surface area contributed by atoms with Crippen LogP contribution < -0.4 is 5.32 Å². The van der Waals surface area contributed by atoms with Gasteiger partial charge in [0.2, 0.25) is 0 Å². The number of nitriles is 1. The molecule has 2 aromatic carbocycles. The molecule has 1 aliphatic rings. The van der Waals surface area contributed by atoms with Gasteiger partial charge in [-0.1, -0.05) is 6.07 Å². The number of Topliss-reactive ketones (excluding diaryl/α,β-unsaturated/α-hetero) is 1. The van der Waals surface area contributed by atoms with Crippen LogP contribution in [0.5, 0.6) is 0 Å². The molecule has 1 saturated carbocycles. The van der Waals surface area contributed by atoms with Gasteiger partial charge in [-0.05, 0) is 105 Å². The molecular weight excluding hydrogens is 643 g/mol. The number of aryl methyl sites for hydroxylation is 1.